The summed E-state index contributed by atoms with van der Waals surface area (Å²) in [5.74, 6) is 0.977. The standard InChI is InChI=1S/C35H39N5O5S/c1-23(24-13-16-44-17-14-24)31-18-27-20-36-35(37-28-9-11-29(12-10-28)45-30-8-5-15-39(2)21-30)38-33(27)40(34(31)41)32-19-25-6-3-4-7-26(25)22-46(32,42)43/h3-4,6-7,9-12,18,20,24,30,32H,1,5,8,13-17,19,21-22H2,2H3,(H,36,37,38). The first kappa shape index (κ1) is 30.6. The van der Waals surface area contributed by atoms with E-state index in [0.717, 1.165) is 61.3 Å². The lowest BCUT2D eigenvalue weighted by Crippen LogP contribution is -2.38. The Morgan fingerprint density at radius 3 is 2.59 bits per heavy atom. The number of hydrogen-bond donors (Lipinski definition) is 1. The molecular formula is C35H39N5O5S. The van der Waals surface area contributed by atoms with Crippen LogP contribution in [0.5, 0.6) is 5.75 Å². The molecule has 2 atom stereocenters. The van der Waals surface area contributed by atoms with Crippen LogP contribution in [0.1, 0.15) is 47.7 Å². The van der Waals surface area contributed by atoms with Crippen LogP contribution in [-0.2, 0) is 26.7 Å². The molecule has 10 nitrogen and oxygen atoms in total. The highest BCUT2D eigenvalue weighted by atomic mass is 32.2. The third kappa shape index (κ3) is 6.19. The Kier molecular flexibility index (Phi) is 8.39. The van der Waals surface area contributed by atoms with Crippen LogP contribution >= 0.6 is 0 Å². The fourth-order valence-electron chi connectivity index (χ4n) is 6.87. The van der Waals surface area contributed by atoms with E-state index in [1.807, 2.05) is 48.5 Å². The van der Waals surface area contributed by atoms with E-state index in [-0.39, 0.29) is 35.8 Å². The zero-order chi connectivity index (χ0) is 31.8. The molecule has 0 saturated carbocycles. The second kappa shape index (κ2) is 12.6. The van der Waals surface area contributed by atoms with E-state index in [4.69, 9.17) is 14.5 Å². The maximum Gasteiger partial charge on any atom is 0.260 e. The average Bonchev–Trinajstić information content (AvgIpc) is 3.05. The summed E-state index contributed by atoms with van der Waals surface area (Å²) in [6, 6.07) is 16.9. The fourth-order valence-corrected chi connectivity index (χ4v) is 8.73. The summed E-state index contributed by atoms with van der Waals surface area (Å²) in [6.45, 7) is 7.50. The molecule has 2 fully saturated rings. The molecule has 0 aliphatic carbocycles. The Morgan fingerprint density at radius 1 is 1.07 bits per heavy atom. The van der Waals surface area contributed by atoms with Crippen molar-refractivity contribution in [1.29, 1.82) is 0 Å². The van der Waals surface area contributed by atoms with E-state index in [1.165, 1.54) is 4.57 Å². The summed E-state index contributed by atoms with van der Waals surface area (Å²) >= 11 is 0. The van der Waals surface area contributed by atoms with Gasteiger partial charge in [-0.2, -0.15) is 4.98 Å². The van der Waals surface area contributed by atoms with Gasteiger partial charge in [0.25, 0.3) is 5.56 Å². The number of aromatic nitrogens is 3. The smallest absolute Gasteiger partial charge is 0.260 e. The van der Waals surface area contributed by atoms with Crippen LogP contribution < -0.4 is 15.6 Å². The number of nitrogens with one attached hydrogen (secondary N) is 1. The van der Waals surface area contributed by atoms with Crippen molar-refractivity contribution in [2.24, 2.45) is 5.92 Å². The zero-order valence-corrected chi connectivity index (χ0v) is 26.8. The number of nitrogens with zero attached hydrogens (tertiary/aromatic N) is 4. The first-order chi connectivity index (χ1) is 22.2. The van der Waals surface area contributed by atoms with Crippen LogP contribution in [0.25, 0.3) is 16.6 Å². The van der Waals surface area contributed by atoms with E-state index < -0.39 is 20.8 Å². The first-order valence-corrected chi connectivity index (χ1v) is 17.7. The zero-order valence-electron chi connectivity index (χ0n) is 26.0. The van der Waals surface area contributed by atoms with Crippen LogP contribution in [-0.4, -0.2) is 67.3 Å². The number of rotatable bonds is 7. The van der Waals surface area contributed by atoms with Crippen molar-refractivity contribution in [3.05, 3.63) is 94.4 Å². The molecule has 11 heteroatoms. The number of pyridine rings is 1. The molecule has 0 radical (unpaired) electrons. The van der Waals surface area contributed by atoms with Crippen LogP contribution in [0.2, 0.25) is 0 Å². The third-order valence-electron chi connectivity index (χ3n) is 9.40. The summed E-state index contributed by atoms with van der Waals surface area (Å²) in [7, 11) is -1.64. The SMILES string of the molecule is C=C(c1cc2cnc(Nc3ccc(OC4CCCN(C)C4)cc3)nc2n(C2Cc3ccccc3CS2(=O)=O)c1=O)C1CCOCC1. The predicted molar refractivity (Wildman–Crippen MR) is 179 cm³/mol. The fraction of sp³-hybridized carbons (Fsp3) is 0.400. The normalized spacial score (nSPS) is 21.8. The van der Waals surface area contributed by atoms with Gasteiger partial charge < -0.3 is 19.7 Å². The molecule has 5 heterocycles. The number of likely N-dealkylation sites (tertiary alicyclic amines) is 1. The Hall–Kier alpha value is -4.06. The summed E-state index contributed by atoms with van der Waals surface area (Å²) in [6.07, 6.45) is 5.63. The van der Waals surface area contributed by atoms with E-state index in [2.05, 4.69) is 28.8 Å². The number of fused-ring (bicyclic) bond motifs is 2. The monoisotopic (exact) mass is 641 g/mol. The van der Waals surface area contributed by atoms with Gasteiger partial charge >= 0.3 is 0 Å². The van der Waals surface area contributed by atoms with Gasteiger partial charge in [0.1, 0.15) is 22.9 Å². The van der Waals surface area contributed by atoms with Crippen molar-refractivity contribution >= 4 is 38.1 Å². The number of ether oxygens (including phenoxy) is 2. The second-order valence-electron chi connectivity index (χ2n) is 12.6. The highest BCUT2D eigenvalue weighted by molar-refractivity contribution is 7.90. The van der Waals surface area contributed by atoms with Crippen LogP contribution in [0.4, 0.5) is 11.6 Å². The Bertz CT molecular complexity index is 1940. The second-order valence-corrected chi connectivity index (χ2v) is 14.8. The van der Waals surface area contributed by atoms with Gasteiger partial charge in [-0.15, -0.1) is 0 Å². The van der Waals surface area contributed by atoms with Gasteiger partial charge in [-0.3, -0.25) is 9.36 Å². The molecule has 3 aliphatic rings. The van der Waals surface area contributed by atoms with Crippen LogP contribution in [0.3, 0.4) is 0 Å². The van der Waals surface area contributed by atoms with E-state index in [1.54, 1.807) is 12.3 Å². The highest BCUT2D eigenvalue weighted by Gasteiger charge is 2.36. The molecule has 0 spiro atoms. The lowest BCUT2D eigenvalue weighted by Gasteiger charge is -2.30. The van der Waals surface area contributed by atoms with Gasteiger partial charge in [-0.25, -0.2) is 13.4 Å². The van der Waals surface area contributed by atoms with Gasteiger partial charge in [0.2, 0.25) is 5.95 Å². The molecular weight excluding hydrogens is 602 g/mol. The summed E-state index contributed by atoms with van der Waals surface area (Å²) < 4.78 is 40.7. The molecule has 1 N–H and O–H groups in total. The van der Waals surface area contributed by atoms with Gasteiger partial charge in [0.15, 0.2) is 9.84 Å². The minimum absolute atomic E-state index is 0.0730. The van der Waals surface area contributed by atoms with E-state index >= 15 is 0 Å². The average molecular weight is 642 g/mol. The van der Waals surface area contributed by atoms with Crippen molar-refractivity contribution in [3.63, 3.8) is 0 Å². The summed E-state index contributed by atoms with van der Waals surface area (Å²) in [5, 5.41) is 2.69. The van der Waals surface area contributed by atoms with E-state index in [9.17, 15) is 13.2 Å². The molecule has 4 aromatic rings. The Morgan fingerprint density at radius 2 is 1.83 bits per heavy atom. The Balaban J connectivity index is 1.25. The lowest BCUT2D eigenvalue weighted by atomic mass is 9.88. The van der Waals surface area contributed by atoms with Crippen LogP contribution in [0.15, 0.2) is 72.2 Å². The largest absolute Gasteiger partial charge is 0.489 e. The van der Waals surface area contributed by atoms with Crippen molar-refractivity contribution in [2.75, 3.05) is 38.7 Å². The summed E-state index contributed by atoms with van der Waals surface area (Å²) in [5.41, 5.74) is 3.37. The molecule has 7 rings (SSSR count). The van der Waals surface area contributed by atoms with E-state index in [0.29, 0.717) is 29.7 Å². The number of anilines is 2. The minimum Gasteiger partial charge on any atom is -0.489 e. The van der Waals surface area contributed by atoms with Crippen molar-refractivity contribution < 1.29 is 17.9 Å². The third-order valence-corrected chi connectivity index (χ3v) is 11.3. The maximum absolute atomic E-state index is 14.4. The van der Waals surface area contributed by atoms with Gasteiger partial charge in [-0.05, 0) is 92.2 Å². The molecule has 2 aromatic heterocycles. The number of benzene rings is 2. The number of sulfone groups is 1. The molecule has 240 valence electrons. The molecule has 0 amide bonds. The number of piperidine rings is 1. The molecule has 2 saturated heterocycles. The van der Waals surface area contributed by atoms with Crippen molar-refractivity contribution in [1.82, 2.24) is 19.4 Å². The van der Waals surface area contributed by atoms with Gasteiger partial charge in [0.05, 0.1) is 5.75 Å². The molecule has 0 bridgehead atoms. The minimum atomic E-state index is -3.75. The van der Waals surface area contributed by atoms with Gasteiger partial charge in [-0.1, -0.05) is 30.8 Å². The van der Waals surface area contributed by atoms with Crippen molar-refractivity contribution in [3.8, 4) is 5.75 Å². The quantitative estimate of drug-likeness (QED) is 0.294. The lowest BCUT2D eigenvalue weighted by molar-refractivity contribution is 0.0808. The topological polar surface area (TPSA) is 116 Å². The number of allylic oxidation sites excluding steroid dienone is 1. The molecule has 2 unspecified atom stereocenters. The predicted octanol–water partition coefficient (Wildman–Crippen LogP) is 5.12. The molecule has 46 heavy (non-hydrogen) atoms. The summed E-state index contributed by atoms with van der Waals surface area (Å²) in [4.78, 5) is 26.0. The molecule has 3 aliphatic heterocycles. The first-order valence-electron chi connectivity index (χ1n) is 15.9. The Labute approximate surface area is 269 Å². The number of hydrogen-bond acceptors (Lipinski definition) is 9. The highest BCUT2D eigenvalue weighted by Crippen LogP contribution is 2.35. The van der Waals surface area contributed by atoms with Crippen molar-refractivity contribution in [2.45, 2.75) is 49.3 Å². The maximum atomic E-state index is 14.4. The van der Waals surface area contributed by atoms with Gasteiger partial charge in [0, 0.05) is 49.0 Å². The number of likely N-dealkylation sites (N-methyl/N-ethyl adjacent to an activating group) is 1. The van der Waals surface area contributed by atoms with Crippen LogP contribution in [0, 0.1) is 5.92 Å². The molecule has 2 aromatic carbocycles.